The highest BCUT2D eigenvalue weighted by Gasteiger charge is 2.33. The Labute approximate surface area is 169 Å². The topological polar surface area (TPSA) is 46.2 Å². The van der Waals surface area contributed by atoms with Crippen LogP contribution in [0.3, 0.4) is 0 Å². The number of aryl methyl sites for hydroxylation is 1. The average Bonchev–Trinajstić information content (AvgIpc) is 2.71. The Hall–Kier alpha value is -1.35. The summed E-state index contributed by atoms with van der Waals surface area (Å²) >= 11 is 0. The van der Waals surface area contributed by atoms with Gasteiger partial charge >= 0.3 is 6.36 Å². The maximum atomic E-state index is 12.2. The lowest BCUT2D eigenvalue weighted by atomic mass is 10.0. The lowest BCUT2D eigenvalue weighted by molar-refractivity contribution is -0.281. The van der Waals surface area contributed by atoms with Gasteiger partial charge in [0, 0.05) is 12.3 Å². The third-order valence-corrected chi connectivity index (χ3v) is 5.16. The smallest absolute Gasteiger partial charge is 0.406 e. The normalized spacial score (nSPS) is 28.3. The molecule has 0 aliphatic carbocycles. The zero-order valence-electron chi connectivity index (χ0n) is 16.7. The lowest BCUT2D eigenvalue weighted by Crippen LogP contribution is -2.44. The minimum absolute atomic E-state index is 0.0529. The van der Waals surface area contributed by atoms with Crippen LogP contribution < -0.4 is 4.74 Å². The van der Waals surface area contributed by atoms with E-state index < -0.39 is 6.36 Å². The largest absolute Gasteiger partial charge is 0.573 e. The molecule has 0 amide bonds. The summed E-state index contributed by atoms with van der Waals surface area (Å²) in [6.07, 6.45) is -0.534. The maximum Gasteiger partial charge on any atom is 0.573 e. The number of unbranched alkanes of at least 4 members (excludes halogenated alkanes) is 1. The van der Waals surface area contributed by atoms with E-state index in [4.69, 9.17) is 18.9 Å². The van der Waals surface area contributed by atoms with Gasteiger partial charge in [0.2, 0.25) is 0 Å². The predicted octanol–water partition coefficient (Wildman–Crippen LogP) is 4.69. The number of halogens is 3. The second-order valence-electron chi connectivity index (χ2n) is 7.63. The number of alkyl halides is 3. The third-order valence-electron chi connectivity index (χ3n) is 5.16. The van der Waals surface area contributed by atoms with Crippen molar-refractivity contribution in [2.24, 2.45) is 11.8 Å². The van der Waals surface area contributed by atoms with Crippen LogP contribution in [0.15, 0.2) is 24.3 Å². The number of ether oxygens (including phenoxy) is 5. The van der Waals surface area contributed by atoms with Crippen molar-refractivity contribution in [1.82, 2.24) is 0 Å². The van der Waals surface area contributed by atoms with Gasteiger partial charge in [-0.3, -0.25) is 0 Å². The first-order valence-electron chi connectivity index (χ1n) is 10.2. The summed E-state index contributed by atoms with van der Waals surface area (Å²) < 4.78 is 63.8. The molecule has 1 aromatic rings. The van der Waals surface area contributed by atoms with Crippen LogP contribution in [0.4, 0.5) is 13.2 Å². The van der Waals surface area contributed by atoms with Crippen molar-refractivity contribution in [3.05, 3.63) is 29.8 Å². The van der Waals surface area contributed by atoms with Crippen LogP contribution in [-0.2, 0) is 25.4 Å². The van der Waals surface area contributed by atoms with E-state index in [0.717, 1.165) is 25.2 Å². The van der Waals surface area contributed by atoms with Crippen molar-refractivity contribution in [2.75, 3.05) is 26.4 Å². The molecule has 0 unspecified atom stereocenters. The SMILES string of the molecule is CCCCC1COC(C2COC(CCc3ccc(OC(F)(F)F)cc3)OC2)OC1. The van der Waals surface area contributed by atoms with Crippen molar-refractivity contribution < 1.29 is 36.9 Å². The zero-order valence-corrected chi connectivity index (χ0v) is 16.7. The van der Waals surface area contributed by atoms with Gasteiger partial charge in [-0.15, -0.1) is 13.2 Å². The van der Waals surface area contributed by atoms with Crippen molar-refractivity contribution in [2.45, 2.75) is 58.0 Å². The molecule has 8 heteroatoms. The molecule has 5 nitrogen and oxygen atoms in total. The summed E-state index contributed by atoms with van der Waals surface area (Å²) in [5.41, 5.74) is 0.894. The van der Waals surface area contributed by atoms with Crippen LogP contribution in [-0.4, -0.2) is 45.4 Å². The van der Waals surface area contributed by atoms with Crippen LogP contribution in [0, 0.1) is 11.8 Å². The van der Waals surface area contributed by atoms with Gasteiger partial charge in [-0.25, -0.2) is 0 Å². The molecule has 2 aliphatic heterocycles. The molecule has 0 bridgehead atoms. The molecule has 0 radical (unpaired) electrons. The summed E-state index contributed by atoms with van der Waals surface area (Å²) in [7, 11) is 0. The second kappa shape index (κ2) is 10.6. The van der Waals surface area contributed by atoms with Gasteiger partial charge in [0.15, 0.2) is 12.6 Å². The Morgan fingerprint density at radius 1 is 0.931 bits per heavy atom. The molecule has 0 atom stereocenters. The van der Waals surface area contributed by atoms with Gasteiger partial charge < -0.3 is 23.7 Å². The fourth-order valence-electron chi connectivity index (χ4n) is 3.51. The second-order valence-corrected chi connectivity index (χ2v) is 7.63. The summed E-state index contributed by atoms with van der Waals surface area (Å²) in [4.78, 5) is 0. The number of rotatable bonds is 8. The van der Waals surface area contributed by atoms with Crippen molar-refractivity contribution >= 4 is 0 Å². The number of hydrogen-bond donors (Lipinski definition) is 0. The maximum absolute atomic E-state index is 12.2. The quantitative estimate of drug-likeness (QED) is 0.613. The summed E-state index contributed by atoms with van der Waals surface area (Å²) in [6, 6.07) is 5.86. The van der Waals surface area contributed by atoms with Gasteiger partial charge in [-0.1, -0.05) is 31.9 Å². The fourth-order valence-corrected chi connectivity index (χ4v) is 3.51. The van der Waals surface area contributed by atoms with Gasteiger partial charge in [-0.05, 0) is 30.5 Å². The molecule has 0 spiro atoms. The highest BCUT2D eigenvalue weighted by molar-refractivity contribution is 5.27. The molecular weight excluding hydrogens is 389 g/mol. The Bertz CT molecular complexity index is 591. The van der Waals surface area contributed by atoms with E-state index >= 15 is 0 Å². The van der Waals surface area contributed by atoms with Gasteiger partial charge in [0.05, 0.1) is 32.3 Å². The van der Waals surface area contributed by atoms with Crippen LogP contribution in [0.25, 0.3) is 0 Å². The monoisotopic (exact) mass is 418 g/mol. The molecule has 1 aromatic carbocycles. The van der Waals surface area contributed by atoms with Crippen molar-refractivity contribution in [3.8, 4) is 5.75 Å². The molecule has 0 N–H and O–H groups in total. The minimum Gasteiger partial charge on any atom is -0.406 e. The van der Waals surface area contributed by atoms with Gasteiger partial charge in [0.1, 0.15) is 5.75 Å². The molecule has 0 aromatic heterocycles. The van der Waals surface area contributed by atoms with E-state index in [9.17, 15) is 13.2 Å². The predicted molar refractivity (Wildman–Crippen MR) is 99.3 cm³/mol. The summed E-state index contributed by atoms with van der Waals surface area (Å²) in [5.74, 6) is 0.299. The molecule has 2 aliphatic rings. The molecule has 2 saturated heterocycles. The van der Waals surface area contributed by atoms with Gasteiger partial charge in [-0.2, -0.15) is 0 Å². The average molecular weight is 418 g/mol. The van der Waals surface area contributed by atoms with E-state index in [0.29, 0.717) is 32.0 Å². The number of hydrogen-bond acceptors (Lipinski definition) is 5. The summed E-state index contributed by atoms with van der Waals surface area (Å²) in [6.45, 7) is 4.63. The molecule has 164 valence electrons. The van der Waals surface area contributed by atoms with Crippen LogP contribution in [0.1, 0.15) is 38.2 Å². The molecule has 2 fully saturated rings. The first-order valence-corrected chi connectivity index (χ1v) is 10.2. The zero-order chi connectivity index (χ0) is 20.7. The minimum atomic E-state index is -4.68. The standard InChI is InChI=1S/C21H29F3O5/c1-2-3-4-16-11-27-20(28-12-16)17-13-25-19(26-14-17)10-7-15-5-8-18(9-6-15)29-21(22,23)24/h5-6,8-9,16-17,19-20H,2-4,7,10-14H2,1H3. The van der Waals surface area contributed by atoms with E-state index in [1.165, 1.54) is 25.0 Å². The fraction of sp³-hybridized carbons (Fsp3) is 0.714. The lowest BCUT2D eigenvalue weighted by Gasteiger charge is -2.37. The van der Waals surface area contributed by atoms with E-state index in [2.05, 4.69) is 11.7 Å². The van der Waals surface area contributed by atoms with E-state index in [-0.39, 0.29) is 24.2 Å². The molecule has 3 rings (SSSR count). The van der Waals surface area contributed by atoms with Crippen molar-refractivity contribution in [1.29, 1.82) is 0 Å². The highest BCUT2D eigenvalue weighted by Crippen LogP contribution is 2.26. The van der Waals surface area contributed by atoms with Crippen LogP contribution in [0.5, 0.6) is 5.75 Å². The van der Waals surface area contributed by atoms with Crippen LogP contribution >= 0.6 is 0 Å². The van der Waals surface area contributed by atoms with Crippen LogP contribution in [0.2, 0.25) is 0 Å². The Morgan fingerprint density at radius 3 is 2.17 bits per heavy atom. The Balaban J connectivity index is 1.34. The van der Waals surface area contributed by atoms with Gasteiger partial charge in [0.25, 0.3) is 0 Å². The first-order chi connectivity index (χ1) is 13.9. The molecule has 2 heterocycles. The molecular formula is C21H29F3O5. The molecule has 0 saturated carbocycles. The van der Waals surface area contributed by atoms with E-state index in [1.807, 2.05) is 0 Å². The third kappa shape index (κ3) is 7.44. The summed E-state index contributed by atoms with van der Waals surface area (Å²) in [5, 5.41) is 0. The first kappa shape index (κ1) is 22.3. The van der Waals surface area contributed by atoms with Crippen molar-refractivity contribution in [3.63, 3.8) is 0 Å². The Morgan fingerprint density at radius 2 is 1.59 bits per heavy atom. The number of benzene rings is 1. The molecule has 29 heavy (non-hydrogen) atoms. The van der Waals surface area contributed by atoms with E-state index in [1.54, 1.807) is 12.1 Å². The highest BCUT2D eigenvalue weighted by atomic mass is 19.4. The Kier molecular flexibility index (Phi) is 8.17.